The lowest BCUT2D eigenvalue weighted by Crippen LogP contribution is -2.41. The summed E-state index contributed by atoms with van der Waals surface area (Å²) in [5.41, 5.74) is 5.68. The molecule has 0 aromatic carbocycles. The van der Waals surface area contributed by atoms with Crippen LogP contribution in [0.15, 0.2) is 23.4 Å². The van der Waals surface area contributed by atoms with Crippen LogP contribution in [0, 0.1) is 13.8 Å². The molecule has 0 saturated carbocycles. The van der Waals surface area contributed by atoms with Gasteiger partial charge in [-0.25, -0.2) is 0 Å². The Morgan fingerprint density at radius 2 is 2.00 bits per heavy atom. The van der Waals surface area contributed by atoms with Crippen molar-refractivity contribution in [3.05, 3.63) is 35.2 Å². The van der Waals surface area contributed by atoms with E-state index in [2.05, 4.69) is 30.0 Å². The van der Waals surface area contributed by atoms with Crippen LogP contribution in [0.3, 0.4) is 0 Å². The molecule has 9 nitrogen and oxygen atoms in total. The molecule has 3 heterocycles. The number of nitrogens with zero attached hydrogens (tertiary/aromatic N) is 3. The molecule has 2 aliphatic rings. The van der Waals surface area contributed by atoms with E-state index in [1.54, 1.807) is 6.08 Å². The summed E-state index contributed by atoms with van der Waals surface area (Å²) in [5, 5.41) is 4.27. The quantitative estimate of drug-likeness (QED) is 0.163. The van der Waals surface area contributed by atoms with E-state index in [1.807, 2.05) is 13.0 Å². The van der Waals surface area contributed by atoms with Crippen LogP contribution in [0.25, 0.3) is 0 Å². The molecule has 0 unspecified atom stereocenters. The number of aromatic nitrogens is 1. The molecule has 0 spiro atoms. The Hall–Kier alpha value is -2.94. The summed E-state index contributed by atoms with van der Waals surface area (Å²) in [7, 11) is 0. The molecule has 0 saturated heterocycles. The predicted molar refractivity (Wildman–Crippen MR) is 133 cm³/mol. The van der Waals surface area contributed by atoms with Crippen molar-refractivity contribution in [1.29, 1.82) is 0 Å². The van der Waals surface area contributed by atoms with Crippen molar-refractivity contribution >= 4 is 23.3 Å². The first-order chi connectivity index (χ1) is 16.7. The number of ether oxygens (including phenoxy) is 3. The number of carbonyl (C=O) groups is 2. The van der Waals surface area contributed by atoms with Crippen molar-refractivity contribution in [1.82, 2.24) is 4.98 Å². The molecular weight excluding hydrogens is 450 g/mol. The van der Waals surface area contributed by atoms with Crippen LogP contribution >= 0.6 is 0 Å². The Morgan fingerprint density at radius 3 is 2.74 bits per heavy atom. The summed E-state index contributed by atoms with van der Waals surface area (Å²) in [6.45, 7) is 11.1. The van der Waals surface area contributed by atoms with Crippen LogP contribution in [0.1, 0.15) is 57.0 Å². The van der Waals surface area contributed by atoms with Gasteiger partial charge < -0.3 is 23.9 Å². The van der Waals surface area contributed by atoms with E-state index in [0.29, 0.717) is 13.0 Å². The number of rotatable bonds is 10. The molecule has 0 bridgehead atoms. The summed E-state index contributed by atoms with van der Waals surface area (Å²) in [6.07, 6.45) is 5.73. The van der Waals surface area contributed by atoms with Gasteiger partial charge >= 0.3 is 11.9 Å². The topological polar surface area (TPSA) is 99.6 Å². The van der Waals surface area contributed by atoms with Crippen molar-refractivity contribution in [3.8, 4) is 0 Å². The number of anilines is 1. The number of hydrogen-bond donors (Lipinski definition) is 0. The molecule has 35 heavy (non-hydrogen) atoms. The van der Waals surface area contributed by atoms with E-state index >= 15 is 0 Å². The van der Waals surface area contributed by atoms with Crippen LogP contribution in [0.2, 0.25) is 0 Å². The second-order valence-corrected chi connectivity index (χ2v) is 9.12. The van der Waals surface area contributed by atoms with Crippen LogP contribution in [-0.2, 0) is 35.1 Å². The first-order valence-corrected chi connectivity index (χ1v) is 12.2. The Bertz CT molecular complexity index is 961. The molecule has 0 N–H and O–H groups in total. The normalized spacial score (nSPS) is 21.9. The van der Waals surface area contributed by atoms with Gasteiger partial charge in [0.05, 0.1) is 23.2 Å². The number of esters is 2. The molecule has 0 aliphatic carbocycles. The zero-order valence-corrected chi connectivity index (χ0v) is 21.4. The SMILES string of the molecule is CC(=O)OC[C@H]1O[C@H](CCON=C(C)CCN2CCCc3nc(C)c(C)cc32)C=C[C@@H]1OC(C)=O. The third-order valence-corrected chi connectivity index (χ3v) is 6.15. The monoisotopic (exact) mass is 487 g/mol. The highest BCUT2D eigenvalue weighted by Gasteiger charge is 2.30. The van der Waals surface area contributed by atoms with Gasteiger partial charge in [-0.05, 0) is 51.3 Å². The predicted octanol–water partition coefficient (Wildman–Crippen LogP) is 3.44. The maximum Gasteiger partial charge on any atom is 0.303 e. The van der Waals surface area contributed by atoms with E-state index in [9.17, 15) is 9.59 Å². The molecule has 2 aliphatic heterocycles. The average molecular weight is 488 g/mol. The van der Waals surface area contributed by atoms with E-state index in [-0.39, 0.29) is 12.7 Å². The van der Waals surface area contributed by atoms with Gasteiger partial charge in [0.25, 0.3) is 0 Å². The smallest absolute Gasteiger partial charge is 0.303 e. The minimum atomic E-state index is -0.591. The third-order valence-electron chi connectivity index (χ3n) is 6.15. The van der Waals surface area contributed by atoms with Crippen molar-refractivity contribution < 1.29 is 28.6 Å². The van der Waals surface area contributed by atoms with Gasteiger partial charge in [-0.2, -0.15) is 0 Å². The third kappa shape index (κ3) is 8.06. The van der Waals surface area contributed by atoms with Gasteiger partial charge in [-0.15, -0.1) is 0 Å². The zero-order valence-electron chi connectivity index (χ0n) is 21.4. The highest BCUT2D eigenvalue weighted by molar-refractivity contribution is 5.82. The van der Waals surface area contributed by atoms with E-state index in [1.165, 1.54) is 30.8 Å². The number of fused-ring (bicyclic) bond motifs is 1. The maximum absolute atomic E-state index is 11.3. The first-order valence-electron chi connectivity index (χ1n) is 12.2. The molecule has 192 valence electrons. The van der Waals surface area contributed by atoms with Gasteiger partial charge in [0.15, 0.2) is 0 Å². The van der Waals surface area contributed by atoms with Crippen LogP contribution in [0.4, 0.5) is 5.69 Å². The van der Waals surface area contributed by atoms with Crippen LogP contribution in [0.5, 0.6) is 0 Å². The molecule has 1 aromatic heterocycles. The lowest BCUT2D eigenvalue weighted by atomic mass is 10.0. The van der Waals surface area contributed by atoms with Gasteiger partial charge in [0.2, 0.25) is 0 Å². The van der Waals surface area contributed by atoms with Gasteiger partial charge in [-0.3, -0.25) is 14.6 Å². The highest BCUT2D eigenvalue weighted by atomic mass is 16.6. The summed E-state index contributed by atoms with van der Waals surface area (Å²) in [6, 6.07) is 2.25. The molecule has 3 rings (SSSR count). The molecule has 3 atom stereocenters. The van der Waals surface area contributed by atoms with Gasteiger partial charge in [0.1, 0.15) is 25.4 Å². The molecular formula is C26H37N3O6. The molecule has 0 radical (unpaired) electrons. The largest absolute Gasteiger partial charge is 0.463 e. The van der Waals surface area contributed by atoms with Crippen molar-refractivity contribution in [2.24, 2.45) is 5.16 Å². The lowest BCUT2D eigenvalue weighted by Gasteiger charge is -2.31. The van der Waals surface area contributed by atoms with E-state index < -0.39 is 24.1 Å². The number of aryl methyl sites for hydroxylation is 3. The van der Waals surface area contributed by atoms with Gasteiger partial charge in [-0.1, -0.05) is 11.2 Å². The Morgan fingerprint density at radius 1 is 1.20 bits per heavy atom. The fourth-order valence-corrected chi connectivity index (χ4v) is 4.17. The average Bonchev–Trinajstić information content (AvgIpc) is 2.80. The summed E-state index contributed by atoms with van der Waals surface area (Å²) < 4.78 is 16.3. The lowest BCUT2D eigenvalue weighted by molar-refractivity contribution is -0.164. The number of hydrogen-bond acceptors (Lipinski definition) is 9. The Labute approximate surface area is 207 Å². The highest BCUT2D eigenvalue weighted by Crippen LogP contribution is 2.27. The standard InChI is InChI=1S/C26H37N3O6/c1-17-15-24-23(27-19(17)3)7-6-12-29(24)13-10-18(2)28-33-14-11-22-8-9-25(34-21(5)31)26(35-22)16-32-20(4)30/h8-9,15,22,25-26H,6-7,10-14,16H2,1-5H3/t22-,25-,26+/m0/s1. The van der Waals surface area contributed by atoms with Crippen LogP contribution in [-0.4, -0.2) is 67.2 Å². The maximum atomic E-state index is 11.3. The van der Waals surface area contributed by atoms with Gasteiger partial charge in [0, 0.05) is 45.5 Å². The number of carbonyl (C=O) groups excluding carboxylic acids is 2. The fraction of sp³-hybridized carbons (Fsp3) is 0.615. The molecule has 9 heteroatoms. The van der Waals surface area contributed by atoms with Crippen molar-refractivity contribution in [3.63, 3.8) is 0 Å². The number of oxime groups is 1. The Kier molecular flexibility index (Phi) is 9.65. The molecule has 0 amide bonds. The summed E-state index contributed by atoms with van der Waals surface area (Å²) in [5.74, 6) is -0.832. The zero-order chi connectivity index (χ0) is 25.4. The summed E-state index contributed by atoms with van der Waals surface area (Å²) >= 11 is 0. The van der Waals surface area contributed by atoms with Crippen molar-refractivity contribution in [2.45, 2.75) is 78.6 Å². The van der Waals surface area contributed by atoms with Crippen LogP contribution < -0.4 is 4.90 Å². The second-order valence-electron chi connectivity index (χ2n) is 9.12. The molecule has 1 aromatic rings. The second kappa shape index (κ2) is 12.7. The van der Waals surface area contributed by atoms with Crippen molar-refractivity contribution in [2.75, 3.05) is 31.2 Å². The van der Waals surface area contributed by atoms with E-state index in [4.69, 9.17) is 24.0 Å². The minimum absolute atomic E-state index is 0.0144. The molecule has 0 fully saturated rings. The first kappa shape index (κ1) is 26.7. The number of pyridine rings is 1. The summed E-state index contributed by atoms with van der Waals surface area (Å²) in [4.78, 5) is 35.2. The van der Waals surface area contributed by atoms with E-state index in [0.717, 1.165) is 43.8 Å². The minimum Gasteiger partial charge on any atom is -0.463 e. The Balaban J connectivity index is 1.45. The fourth-order valence-electron chi connectivity index (χ4n) is 4.17.